The lowest BCUT2D eigenvalue weighted by Crippen LogP contribution is -2.16. The smallest absolute Gasteiger partial charge is 0.338 e. The SMILES string of the molecule is COc1ccc2cc(C(=O)COC(=O)c3cccc(S(=O)(=O)Nc4cc(Cl)c(OC)cc4OC)c3)ccc2c1. The minimum atomic E-state index is -4.15. The Hall–Kier alpha value is -4.28. The molecule has 4 aromatic carbocycles. The summed E-state index contributed by atoms with van der Waals surface area (Å²) in [5, 5.41) is 1.89. The Balaban J connectivity index is 1.47. The van der Waals surface area contributed by atoms with Gasteiger partial charge in [0.05, 0.1) is 42.5 Å². The molecule has 0 aromatic heterocycles. The number of benzene rings is 4. The minimum Gasteiger partial charge on any atom is -0.497 e. The van der Waals surface area contributed by atoms with Gasteiger partial charge in [-0.05, 0) is 53.2 Å². The lowest BCUT2D eigenvalue weighted by Gasteiger charge is -2.14. The number of carbonyl (C=O) groups excluding carboxylic acids is 2. The summed E-state index contributed by atoms with van der Waals surface area (Å²) in [6.07, 6.45) is 0. The van der Waals surface area contributed by atoms with Crippen LogP contribution < -0.4 is 18.9 Å². The molecule has 0 spiro atoms. The Morgan fingerprint density at radius 2 is 1.51 bits per heavy atom. The van der Waals surface area contributed by atoms with E-state index in [0.717, 1.165) is 16.8 Å². The molecule has 0 fully saturated rings. The molecule has 0 radical (unpaired) electrons. The lowest BCUT2D eigenvalue weighted by atomic mass is 10.0. The summed E-state index contributed by atoms with van der Waals surface area (Å²) < 4.78 is 49.3. The first-order valence-electron chi connectivity index (χ1n) is 11.5. The Bertz CT molecular complexity index is 1670. The summed E-state index contributed by atoms with van der Waals surface area (Å²) in [7, 11) is 0.208. The van der Waals surface area contributed by atoms with E-state index in [9.17, 15) is 18.0 Å². The molecule has 0 bridgehead atoms. The van der Waals surface area contributed by atoms with Crippen molar-refractivity contribution in [3.8, 4) is 17.2 Å². The molecule has 0 heterocycles. The summed E-state index contributed by atoms with van der Waals surface area (Å²) >= 11 is 6.14. The fourth-order valence-electron chi connectivity index (χ4n) is 3.76. The van der Waals surface area contributed by atoms with Crippen LogP contribution >= 0.6 is 11.6 Å². The van der Waals surface area contributed by atoms with Crippen molar-refractivity contribution in [1.82, 2.24) is 0 Å². The van der Waals surface area contributed by atoms with E-state index in [1.807, 2.05) is 12.1 Å². The molecule has 0 aliphatic carbocycles. The van der Waals surface area contributed by atoms with E-state index in [1.165, 1.54) is 44.6 Å². The molecule has 0 aliphatic rings. The van der Waals surface area contributed by atoms with Gasteiger partial charge in [-0.15, -0.1) is 0 Å². The topological polar surface area (TPSA) is 117 Å². The van der Waals surface area contributed by atoms with Gasteiger partial charge in [0.15, 0.2) is 12.4 Å². The summed E-state index contributed by atoms with van der Waals surface area (Å²) in [5.41, 5.74) is 0.403. The van der Waals surface area contributed by atoms with E-state index in [4.69, 9.17) is 30.5 Å². The van der Waals surface area contributed by atoms with Crippen LogP contribution in [-0.2, 0) is 14.8 Å². The minimum absolute atomic E-state index is 0.0454. The molecular weight excluding hydrogens is 546 g/mol. The second kappa shape index (κ2) is 11.6. The summed E-state index contributed by atoms with van der Waals surface area (Å²) in [6.45, 7) is -0.517. The van der Waals surface area contributed by atoms with Gasteiger partial charge in [0, 0.05) is 11.6 Å². The number of nitrogens with one attached hydrogen (secondary N) is 1. The molecule has 4 aromatic rings. The van der Waals surface area contributed by atoms with Crippen molar-refractivity contribution in [1.29, 1.82) is 0 Å². The second-order valence-corrected chi connectivity index (χ2v) is 10.3. The number of hydrogen-bond acceptors (Lipinski definition) is 8. The van der Waals surface area contributed by atoms with Crippen LogP contribution in [0.5, 0.6) is 17.2 Å². The maximum atomic E-state index is 13.1. The molecule has 9 nitrogen and oxygen atoms in total. The average molecular weight is 570 g/mol. The van der Waals surface area contributed by atoms with Gasteiger partial charge in [0.2, 0.25) is 0 Å². The fourth-order valence-corrected chi connectivity index (χ4v) is 5.10. The Labute approximate surface area is 230 Å². The van der Waals surface area contributed by atoms with Crippen LogP contribution in [0.25, 0.3) is 10.8 Å². The van der Waals surface area contributed by atoms with E-state index in [1.54, 1.807) is 31.4 Å². The molecule has 0 amide bonds. The van der Waals surface area contributed by atoms with Crippen LogP contribution in [0, 0.1) is 0 Å². The number of hydrogen-bond donors (Lipinski definition) is 1. The molecule has 0 saturated carbocycles. The van der Waals surface area contributed by atoms with Gasteiger partial charge in [-0.25, -0.2) is 13.2 Å². The van der Waals surface area contributed by atoms with Gasteiger partial charge in [-0.3, -0.25) is 9.52 Å². The van der Waals surface area contributed by atoms with Gasteiger partial charge >= 0.3 is 5.97 Å². The Morgan fingerprint density at radius 3 is 2.23 bits per heavy atom. The van der Waals surface area contributed by atoms with Gasteiger partial charge in [-0.1, -0.05) is 35.9 Å². The zero-order chi connectivity index (χ0) is 28.2. The molecule has 0 saturated heterocycles. The largest absolute Gasteiger partial charge is 0.497 e. The van der Waals surface area contributed by atoms with Crippen molar-refractivity contribution in [3.63, 3.8) is 0 Å². The van der Waals surface area contributed by atoms with Crippen LogP contribution in [0.4, 0.5) is 5.69 Å². The summed E-state index contributed by atoms with van der Waals surface area (Å²) in [5.74, 6) is -0.0747. The van der Waals surface area contributed by atoms with Gasteiger partial charge < -0.3 is 18.9 Å². The van der Waals surface area contributed by atoms with Crippen molar-refractivity contribution < 1.29 is 37.0 Å². The third kappa shape index (κ3) is 6.24. The zero-order valence-electron chi connectivity index (χ0n) is 21.2. The molecule has 39 heavy (non-hydrogen) atoms. The first-order chi connectivity index (χ1) is 18.6. The molecule has 0 unspecified atom stereocenters. The number of anilines is 1. The Morgan fingerprint density at radius 1 is 0.795 bits per heavy atom. The zero-order valence-corrected chi connectivity index (χ0v) is 22.8. The van der Waals surface area contributed by atoms with Gasteiger partial charge in [-0.2, -0.15) is 0 Å². The maximum Gasteiger partial charge on any atom is 0.338 e. The van der Waals surface area contributed by atoms with Crippen LogP contribution in [0.3, 0.4) is 0 Å². The summed E-state index contributed by atoms with van der Waals surface area (Å²) in [6, 6.07) is 18.6. The Kier molecular flexibility index (Phi) is 8.27. The molecular formula is C28H24ClNO8S. The molecule has 11 heteroatoms. The molecule has 0 aliphatic heterocycles. The number of rotatable bonds is 10. The van der Waals surface area contributed by atoms with E-state index >= 15 is 0 Å². The van der Waals surface area contributed by atoms with Crippen molar-refractivity contribution in [2.45, 2.75) is 4.90 Å². The standard InChI is InChI=1S/C28H24ClNO8S/c1-35-21-10-9-17-11-19(8-7-18(17)12-21)25(31)16-38-28(32)20-5-4-6-22(13-20)39(33,34)30-24-14-23(29)26(36-2)15-27(24)37-3/h4-15,30H,16H2,1-3H3. The molecule has 1 N–H and O–H groups in total. The fraction of sp³-hybridized carbons (Fsp3) is 0.143. The van der Waals surface area contributed by atoms with Crippen LogP contribution in [0.1, 0.15) is 20.7 Å². The summed E-state index contributed by atoms with van der Waals surface area (Å²) in [4.78, 5) is 25.1. The number of methoxy groups -OCH3 is 3. The number of carbonyl (C=O) groups is 2. The van der Waals surface area contributed by atoms with Crippen LogP contribution in [-0.4, -0.2) is 48.1 Å². The normalized spacial score (nSPS) is 11.1. The predicted molar refractivity (Wildman–Crippen MR) is 147 cm³/mol. The molecule has 0 atom stereocenters. The second-order valence-electron chi connectivity index (χ2n) is 8.25. The van der Waals surface area contributed by atoms with Crippen molar-refractivity contribution in [2.75, 3.05) is 32.7 Å². The number of ketones is 1. The van der Waals surface area contributed by atoms with Crippen molar-refractivity contribution in [3.05, 3.63) is 88.9 Å². The average Bonchev–Trinajstić information content (AvgIpc) is 2.95. The highest BCUT2D eigenvalue weighted by Crippen LogP contribution is 2.37. The highest BCUT2D eigenvalue weighted by molar-refractivity contribution is 7.92. The third-order valence-electron chi connectivity index (χ3n) is 5.80. The molecule has 202 valence electrons. The van der Waals surface area contributed by atoms with Gasteiger partial charge in [0.1, 0.15) is 17.2 Å². The number of sulfonamides is 1. The van der Waals surface area contributed by atoms with E-state index < -0.39 is 28.4 Å². The number of esters is 1. The van der Waals surface area contributed by atoms with E-state index in [0.29, 0.717) is 17.1 Å². The lowest BCUT2D eigenvalue weighted by molar-refractivity contribution is 0.0474. The molecule has 4 rings (SSSR count). The number of fused-ring (bicyclic) bond motifs is 1. The number of halogens is 1. The first kappa shape index (κ1) is 27.7. The van der Waals surface area contributed by atoms with Crippen molar-refractivity contribution in [2.24, 2.45) is 0 Å². The number of Topliss-reactive ketones (excluding diaryl/α,β-unsaturated/α-hetero) is 1. The van der Waals surface area contributed by atoms with Gasteiger partial charge in [0.25, 0.3) is 10.0 Å². The van der Waals surface area contributed by atoms with Crippen molar-refractivity contribution >= 4 is 49.8 Å². The maximum absolute atomic E-state index is 13.1. The van der Waals surface area contributed by atoms with E-state index in [-0.39, 0.29) is 26.9 Å². The number of ether oxygens (including phenoxy) is 4. The monoisotopic (exact) mass is 569 g/mol. The highest BCUT2D eigenvalue weighted by Gasteiger charge is 2.21. The first-order valence-corrected chi connectivity index (χ1v) is 13.3. The predicted octanol–water partition coefficient (Wildman–Crippen LogP) is 5.36. The van der Waals surface area contributed by atoms with E-state index in [2.05, 4.69) is 4.72 Å². The third-order valence-corrected chi connectivity index (χ3v) is 7.46. The van der Waals surface area contributed by atoms with Crippen LogP contribution in [0.2, 0.25) is 5.02 Å². The van der Waals surface area contributed by atoms with Crippen LogP contribution in [0.15, 0.2) is 77.7 Å². The quantitative estimate of drug-likeness (QED) is 0.200. The highest BCUT2D eigenvalue weighted by atomic mass is 35.5.